The first-order valence-corrected chi connectivity index (χ1v) is 8.66. The summed E-state index contributed by atoms with van der Waals surface area (Å²) in [7, 11) is 0. The number of nitrogens with two attached hydrogens (primary N) is 2. The van der Waals surface area contributed by atoms with Gasteiger partial charge >= 0.3 is 24.4 Å². The zero-order chi connectivity index (χ0) is 21.2. The Kier molecular flexibility index (Phi) is 8.09. The van der Waals surface area contributed by atoms with Crippen molar-refractivity contribution >= 4 is 24.4 Å². The lowest BCUT2D eigenvalue weighted by atomic mass is 10.0. The summed E-state index contributed by atoms with van der Waals surface area (Å²) in [5.41, 5.74) is 13.6. The number of primary amides is 2. The molecule has 29 heavy (non-hydrogen) atoms. The lowest BCUT2D eigenvalue weighted by Gasteiger charge is -2.27. The minimum absolute atomic E-state index is 0.303. The molecule has 6 N–H and O–H groups in total. The number of rotatable bonds is 6. The molecule has 0 aromatic rings. The lowest BCUT2D eigenvalue weighted by Crippen LogP contribution is -2.43. The van der Waals surface area contributed by atoms with Gasteiger partial charge in [-0.2, -0.15) is 11.0 Å². The third kappa shape index (κ3) is 7.57. The van der Waals surface area contributed by atoms with Crippen molar-refractivity contribution < 1.29 is 43.1 Å². The van der Waals surface area contributed by atoms with Crippen molar-refractivity contribution in [2.24, 2.45) is 11.5 Å². The second-order valence-corrected chi connectivity index (χ2v) is 6.03. The van der Waals surface area contributed by atoms with E-state index < -0.39 is 48.8 Å². The fourth-order valence-corrected chi connectivity index (χ4v) is 2.75. The summed E-state index contributed by atoms with van der Waals surface area (Å²) in [6.07, 6.45) is 1.20. The zero-order valence-corrected chi connectivity index (χ0v) is 15.3. The predicted molar refractivity (Wildman–Crippen MR) is 93.6 cm³/mol. The quantitative estimate of drug-likeness (QED) is 0.274. The van der Waals surface area contributed by atoms with E-state index in [1.807, 2.05) is 11.0 Å². The summed E-state index contributed by atoms with van der Waals surface area (Å²) >= 11 is 0. The zero-order valence-electron chi connectivity index (χ0n) is 15.3. The van der Waals surface area contributed by atoms with Crippen LogP contribution in [0.3, 0.4) is 0 Å². The Labute approximate surface area is 165 Å². The molecule has 2 aliphatic carbocycles. The summed E-state index contributed by atoms with van der Waals surface area (Å²) in [6, 6.07) is 0. The second kappa shape index (κ2) is 10.8. The van der Waals surface area contributed by atoms with Gasteiger partial charge in [0.15, 0.2) is 0 Å². The van der Waals surface area contributed by atoms with E-state index in [1.165, 1.54) is 0 Å². The summed E-state index contributed by atoms with van der Waals surface area (Å²) in [5, 5.41) is 0. The first kappa shape index (κ1) is 21.8. The number of nitrogens with one attached hydrogen (secondary N) is 2. The highest BCUT2D eigenvalue weighted by molar-refractivity contribution is 5.68. The van der Waals surface area contributed by atoms with E-state index in [-0.39, 0.29) is 0 Å². The molecule has 0 saturated heterocycles. The average Bonchev–Trinajstić information content (AvgIpc) is 2.64. The highest BCUT2D eigenvalue weighted by Gasteiger charge is 2.30. The van der Waals surface area contributed by atoms with Crippen molar-refractivity contribution in [3.8, 4) is 0 Å². The molecule has 13 nitrogen and oxygen atoms in total. The number of hydrogen-bond donors (Lipinski definition) is 4. The van der Waals surface area contributed by atoms with Crippen molar-refractivity contribution in [2.45, 2.75) is 50.1 Å². The van der Waals surface area contributed by atoms with Gasteiger partial charge < -0.3 is 30.4 Å². The predicted octanol–water partition coefficient (Wildman–Crippen LogP) is 0.650. The topological polar surface area (TPSA) is 191 Å². The van der Waals surface area contributed by atoms with Crippen molar-refractivity contribution in [3.05, 3.63) is 24.3 Å². The van der Waals surface area contributed by atoms with Crippen LogP contribution in [0.5, 0.6) is 0 Å². The highest BCUT2D eigenvalue weighted by atomic mass is 16.8. The standard InChI is InChI=1S/C16H22N4O9/c17-13(21)25-9-5-1-3-7-11(9)27-15(23)19-29-20-16(24)28-12-8-4-2-6-10(12)26-14(18)22/h1-4,9-12H,5-8H2,(H2,17,21)(H2,18,22)(H,19,23)(H,20,24)/t9-,10-,11+,12+/m0/s1. The van der Waals surface area contributed by atoms with Crippen molar-refractivity contribution in [3.63, 3.8) is 0 Å². The van der Waals surface area contributed by atoms with Crippen LogP contribution in [0.1, 0.15) is 25.7 Å². The van der Waals surface area contributed by atoms with Gasteiger partial charge in [-0.15, -0.1) is 4.94 Å². The van der Waals surface area contributed by atoms with Gasteiger partial charge in [-0.05, 0) is 0 Å². The largest absolute Gasteiger partial charge is 0.442 e. The third-order valence-electron chi connectivity index (χ3n) is 3.96. The van der Waals surface area contributed by atoms with E-state index in [0.29, 0.717) is 25.7 Å². The molecule has 0 fully saturated rings. The highest BCUT2D eigenvalue weighted by Crippen LogP contribution is 2.20. The molecule has 0 saturated carbocycles. The normalized spacial score (nSPS) is 25.4. The van der Waals surface area contributed by atoms with Crippen LogP contribution in [0, 0.1) is 0 Å². The van der Waals surface area contributed by atoms with E-state index in [4.69, 9.17) is 30.4 Å². The Morgan fingerprint density at radius 3 is 1.24 bits per heavy atom. The molecule has 0 radical (unpaired) electrons. The molecule has 0 spiro atoms. The molecule has 4 atom stereocenters. The van der Waals surface area contributed by atoms with Crippen LogP contribution in [-0.2, 0) is 23.9 Å². The fourth-order valence-electron chi connectivity index (χ4n) is 2.75. The average molecular weight is 414 g/mol. The van der Waals surface area contributed by atoms with Gasteiger partial charge in [0.05, 0.1) is 0 Å². The first-order valence-electron chi connectivity index (χ1n) is 8.66. The van der Waals surface area contributed by atoms with Gasteiger partial charge in [0.25, 0.3) is 0 Å². The van der Waals surface area contributed by atoms with E-state index in [2.05, 4.69) is 4.94 Å². The van der Waals surface area contributed by atoms with Gasteiger partial charge in [-0.3, -0.25) is 0 Å². The monoisotopic (exact) mass is 414 g/mol. The Bertz CT molecular complexity index is 625. The van der Waals surface area contributed by atoms with E-state index >= 15 is 0 Å². The maximum Gasteiger partial charge on any atom is 0.433 e. The second-order valence-electron chi connectivity index (χ2n) is 6.03. The molecule has 4 amide bonds. The lowest BCUT2D eigenvalue weighted by molar-refractivity contribution is -0.0680. The molecule has 0 aromatic heterocycles. The maximum absolute atomic E-state index is 11.8. The van der Waals surface area contributed by atoms with Crippen molar-refractivity contribution in [2.75, 3.05) is 0 Å². The molecule has 2 aliphatic rings. The van der Waals surface area contributed by atoms with Crippen LogP contribution >= 0.6 is 0 Å². The van der Waals surface area contributed by atoms with Crippen LogP contribution < -0.4 is 22.4 Å². The molecular weight excluding hydrogens is 392 g/mol. The Morgan fingerprint density at radius 1 is 0.621 bits per heavy atom. The number of hydroxylamine groups is 2. The molecular formula is C16H22N4O9. The first-order chi connectivity index (χ1) is 13.8. The minimum atomic E-state index is -1.04. The number of hydrogen-bond acceptors (Lipinski definition) is 9. The SMILES string of the molecule is NC(=O)O[C@H]1CC=CC[C@H]1OC(=O)NONC(=O)O[C@@H]1CC=CC[C@@H]1OC(N)=O. The number of carbonyl (C=O) groups excluding carboxylic acids is 4. The Hall–Kier alpha value is -3.48. The molecule has 0 bridgehead atoms. The van der Waals surface area contributed by atoms with Crippen LogP contribution in [0.25, 0.3) is 0 Å². The fraction of sp³-hybridized carbons (Fsp3) is 0.500. The van der Waals surface area contributed by atoms with Gasteiger partial charge in [-0.25, -0.2) is 19.2 Å². The molecule has 2 rings (SSSR count). The van der Waals surface area contributed by atoms with Crippen LogP contribution in [0.15, 0.2) is 24.3 Å². The van der Waals surface area contributed by atoms with Crippen LogP contribution in [-0.4, -0.2) is 48.8 Å². The maximum atomic E-state index is 11.8. The summed E-state index contributed by atoms with van der Waals surface area (Å²) in [6.45, 7) is 0. The van der Waals surface area contributed by atoms with Crippen molar-refractivity contribution in [1.29, 1.82) is 0 Å². The van der Waals surface area contributed by atoms with Gasteiger partial charge in [0.1, 0.15) is 24.4 Å². The van der Waals surface area contributed by atoms with Gasteiger partial charge in [0.2, 0.25) is 0 Å². The number of carbonyl (C=O) groups is 4. The van der Waals surface area contributed by atoms with Crippen molar-refractivity contribution in [1.82, 2.24) is 11.0 Å². The molecule has 13 heteroatoms. The minimum Gasteiger partial charge on any atom is -0.442 e. The summed E-state index contributed by atoms with van der Waals surface area (Å²) in [5.74, 6) is 0. The van der Waals surface area contributed by atoms with Gasteiger partial charge in [-0.1, -0.05) is 24.3 Å². The van der Waals surface area contributed by atoms with E-state index in [1.54, 1.807) is 24.3 Å². The summed E-state index contributed by atoms with van der Waals surface area (Å²) < 4.78 is 19.9. The van der Waals surface area contributed by atoms with Crippen LogP contribution in [0.2, 0.25) is 0 Å². The Balaban J connectivity index is 1.71. The summed E-state index contributed by atoms with van der Waals surface area (Å²) in [4.78, 5) is 49.8. The number of ether oxygens (including phenoxy) is 4. The van der Waals surface area contributed by atoms with E-state index in [0.717, 1.165) is 0 Å². The molecule has 160 valence electrons. The number of amides is 4. The molecule has 0 heterocycles. The van der Waals surface area contributed by atoms with E-state index in [9.17, 15) is 19.2 Å². The molecule has 0 aliphatic heterocycles. The molecule has 0 aromatic carbocycles. The smallest absolute Gasteiger partial charge is 0.433 e. The van der Waals surface area contributed by atoms with Gasteiger partial charge in [0, 0.05) is 25.7 Å². The molecule has 0 unspecified atom stereocenters. The third-order valence-corrected chi connectivity index (χ3v) is 3.96. The Morgan fingerprint density at radius 2 is 0.931 bits per heavy atom. The van der Waals surface area contributed by atoms with Crippen LogP contribution in [0.4, 0.5) is 19.2 Å².